The van der Waals surface area contributed by atoms with Crippen LogP contribution in [0.4, 0.5) is 5.69 Å². The number of nitro benzene ring substituents is 1. The Morgan fingerprint density at radius 3 is 2.71 bits per heavy atom. The standard InChI is InChI=1S/C11H8BrNO7S/c1-2-19-11(14)9-4-6-3-7(13(15)16)5-8(12)10(6)20-21(9,17)18/h3-5H,2H2,1H3. The quantitative estimate of drug-likeness (QED) is 0.342. The predicted molar refractivity (Wildman–Crippen MR) is 75.0 cm³/mol. The number of halogens is 1. The van der Waals surface area contributed by atoms with Crippen molar-refractivity contribution in [2.24, 2.45) is 0 Å². The molecule has 0 aliphatic carbocycles. The molecule has 0 saturated heterocycles. The van der Waals surface area contributed by atoms with Crippen molar-refractivity contribution in [3.8, 4) is 5.75 Å². The topological polar surface area (TPSA) is 113 Å². The minimum Gasteiger partial charge on any atom is -0.462 e. The number of nitrogens with zero attached hydrogens (tertiary/aromatic N) is 1. The molecule has 0 amide bonds. The maximum Gasteiger partial charge on any atom is 0.353 e. The monoisotopic (exact) mass is 377 g/mol. The molecule has 1 aromatic rings. The van der Waals surface area contributed by atoms with Crippen LogP contribution < -0.4 is 4.18 Å². The first-order valence-electron chi connectivity index (χ1n) is 5.57. The maximum absolute atomic E-state index is 11.9. The van der Waals surface area contributed by atoms with Gasteiger partial charge in [-0.15, -0.1) is 0 Å². The van der Waals surface area contributed by atoms with Gasteiger partial charge in [0.05, 0.1) is 16.0 Å². The van der Waals surface area contributed by atoms with Crippen LogP contribution in [0.25, 0.3) is 6.08 Å². The van der Waals surface area contributed by atoms with Gasteiger partial charge in [0.25, 0.3) is 5.69 Å². The molecule has 2 rings (SSSR count). The summed E-state index contributed by atoms with van der Waals surface area (Å²) in [4.78, 5) is 21.1. The molecule has 0 N–H and O–H groups in total. The molecule has 0 fully saturated rings. The predicted octanol–water partition coefficient (Wildman–Crippen LogP) is 1.98. The summed E-state index contributed by atoms with van der Waals surface area (Å²) < 4.78 is 33.3. The number of esters is 1. The molecule has 0 saturated carbocycles. The molecular formula is C11H8BrNO7S. The average Bonchev–Trinajstić information content (AvgIpc) is 2.38. The third kappa shape index (κ3) is 2.90. The molecule has 0 aromatic heterocycles. The van der Waals surface area contributed by atoms with Crippen LogP contribution in [0, 0.1) is 10.1 Å². The lowest BCUT2D eigenvalue weighted by atomic mass is 10.1. The lowest BCUT2D eigenvalue weighted by Crippen LogP contribution is -2.23. The Labute approximate surface area is 127 Å². The number of hydrogen-bond donors (Lipinski definition) is 0. The largest absolute Gasteiger partial charge is 0.462 e. The van der Waals surface area contributed by atoms with Crippen molar-refractivity contribution in [3.05, 3.63) is 37.2 Å². The van der Waals surface area contributed by atoms with E-state index in [1.54, 1.807) is 0 Å². The number of non-ortho nitro benzene ring substituents is 1. The van der Waals surface area contributed by atoms with E-state index in [1.807, 2.05) is 0 Å². The van der Waals surface area contributed by atoms with E-state index in [1.165, 1.54) is 6.92 Å². The van der Waals surface area contributed by atoms with Crippen LogP contribution in [-0.2, 0) is 19.6 Å². The zero-order chi connectivity index (χ0) is 15.8. The van der Waals surface area contributed by atoms with Crippen LogP contribution >= 0.6 is 15.9 Å². The molecule has 1 heterocycles. The molecule has 21 heavy (non-hydrogen) atoms. The fraction of sp³-hybridized carbons (Fsp3) is 0.182. The Balaban J connectivity index is 2.64. The number of ether oxygens (including phenoxy) is 1. The Morgan fingerprint density at radius 2 is 2.14 bits per heavy atom. The first kappa shape index (κ1) is 15.4. The van der Waals surface area contributed by atoms with E-state index in [0.29, 0.717) is 0 Å². The normalized spacial score (nSPS) is 15.4. The van der Waals surface area contributed by atoms with E-state index < -0.39 is 25.9 Å². The van der Waals surface area contributed by atoms with Crippen molar-refractivity contribution in [2.75, 3.05) is 6.61 Å². The molecular weight excluding hydrogens is 370 g/mol. The van der Waals surface area contributed by atoms with Crippen LogP contribution in [0.2, 0.25) is 0 Å². The van der Waals surface area contributed by atoms with Crippen molar-refractivity contribution in [1.82, 2.24) is 0 Å². The molecule has 1 aliphatic heterocycles. The summed E-state index contributed by atoms with van der Waals surface area (Å²) in [5, 5.41) is 10.8. The zero-order valence-electron chi connectivity index (χ0n) is 10.5. The molecule has 0 atom stereocenters. The van der Waals surface area contributed by atoms with E-state index in [9.17, 15) is 23.3 Å². The summed E-state index contributed by atoms with van der Waals surface area (Å²) in [6.45, 7) is 1.50. The lowest BCUT2D eigenvalue weighted by molar-refractivity contribution is -0.385. The van der Waals surface area contributed by atoms with Gasteiger partial charge in [-0.25, -0.2) is 4.79 Å². The van der Waals surface area contributed by atoms with Gasteiger partial charge < -0.3 is 8.92 Å². The first-order chi connectivity index (χ1) is 9.76. The lowest BCUT2D eigenvalue weighted by Gasteiger charge is -2.17. The van der Waals surface area contributed by atoms with E-state index in [-0.39, 0.29) is 28.1 Å². The molecule has 0 spiro atoms. The van der Waals surface area contributed by atoms with Crippen LogP contribution in [0.15, 0.2) is 21.5 Å². The molecule has 10 heteroatoms. The van der Waals surface area contributed by atoms with E-state index >= 15 is 0 Å². The number of rotatable bonds is 3. The van der Waals surface area contributed by atoms with Crippen LogP contribution in [-0.4, -0.2) is 25.9 Å². The average molecular weight is 378 g/mol. The third-order valence-corrected chi connectivity index (χ3v) is 4.29. The highest BCUT2D eigenvalue weighted by Crippen LogP contribution is 2.40. The van der Waals surface area contributed by atoms with Crippen LogP contribution in [0.5, 0.6) is 5.75 Å². The second-order valence-electron chi connectivity index (χ2n) is 3.87. The highest BCUT2D eigenvalue weighted by Gasteiger charge is 2.35. The molecule has 0 bridgehead atoms. The highest BCUT2D eigenvalue weighted by molar-refractivity contribution is 9.10. The summed E-state index contributed by atoms with van der Waals surface area (Å²) in [6.07, 6.45) is 0.990. The summed E-state index contributed by atoms with van der Waals surface area (Å²) in [5.74, 6) is -1.19. The Hall–Kier alpha value is -1.94. The SMILES string of the molecule is CCOC(=O)C1=Cc2cc([N+](=O)[O-])cc(Br)c2OS1(=O)=O. The van der Waals surface area contributed by atoms with Crippen molar-refractivity contribution < 1.29 is 27.1 Å². The highest BCUT2D eigenvalue weighted by atomic mass is 79.9. The molecule has 0 unspecified atom stereocenters. The molecule has 112 valence electrons. The number of carbonyl (C=O) groups excluding carboxylic acids is 1. The van der Waals surface area contributed by atoms with Crippen molar-refractivity contribution in [2.45, 2.75) is 6.92 Å². The summed E-state index contributed by atoms with van der Waals surface area (Å²) in [7, 11) is -4.33. The second kappa shape index (κ2) is 5.45. The summed E-state index contributed by atoms with van der Waals surface area (Å²) >= 11 is 3.00. The van der Waals surface area contributed by atoms with Gasteiger partial charge in [0.15, 0.2) is 10.7 Å². The fourth-order valence-electron chi connectivity index (χ4n) is 1.63. The Morgan fingerprint density at radius 1 is 1.48 bits per heavy atom. The molecule has 0 radical (unpaired) electrons. The number of benzene rings is 1. The smallest absolute Gasteiger partial charge is 0.353 e. The van der Waals surface area contributed by atoms with Gasteiger partial charge in [-0.1, -0.05) is 0 Å². The molecule has 1 aromatic carbocycles. The Bertz CT molecular complexity index is 769. The summed E-state index contributed by atoms with van der Waals surface area (Å²) in [6, 6.07) is 2.21. The van der Waals surface area contributed by atoms with Gasteiger partial charge in [-0.05, 0) is 28.9 Å². The minimum atomic E-state index is -4.33. The Kier molecular flexibility index (Phi) is 4.01. The number of fused-ring (bicyclic) bond motifs is 1. The maximum atomic E-state index is 11.9. The van der Waals surface area contributed by atoms with Crippen molar-refractivity contribution >= 4 is 43.8 Å². The number of nitro groups is 1. The first-order valence-corrected chi connectivity index (χ1v) is 7.77. The van der Waals surface area contributed by atoms with Crippen molar-refractivity contribution in [1.29, 1.82) is 0 Å². The van der Waals surface area contributed by atoms with Crippen molar-refractivity contribution in [3.63, 3.8) is 0 Å². The second-order valence-corrected chi connectivity index (χ2v) is 6.24. The molecule has 1 aliphatic rings. The minimum absolute atomic E-state index is 0.0167. The van der Waals surface area contributed by atoms with Gasteiger partial charge in [0, 0.05) is 17.7 Å². The summed E-state index contributed by atoms with van der Waals surface area (Å²) in [5.41, 5.74) is -0.183. The fourth-order valence-corrected chi connectivity index (χ4v) is 3.31. The van der Waals surface area contributed by atoms with Gasteiger partial charge in [-0.2, -0.15) is 8.42 Å². The third-order valence-electron chi connectivity index (χ3n) is 2.49. The molecule has 8 nitrogen and oxygen atoms in total. The van der Waals surface area contributed by atoms with Crippen LogP contribution in [0.1, 0.15) is 12.5 Å². The van der Waals surface area contributed by atoms with Gasteiger partial charge in [0.2, 0.25) is 0 Å². The van der Waals surface area contributed by atoms with Gasteiger partial charge in [-0.3, -0.25) is 10.1 Å². The van der Waals surface area contributed by atoms with E-state index in [0.717, 1.165) is 18.2 Å². The van der Waals surface area contributed by atoms with E-state index in [2.05, 4.69) is 20.7 Å². The van der Waals surface area contributed by atoms with Crippen LogP contribution in [0.3, 0.4) is 0 Å². The van der Waals surface area contributed by atoms with E-state index in [4.69, 9.17) is 4.18 Å². The zero-order valence-corrected chi connectivity index (χ0v) is 12.9. The number of hydrogen-bond acceptors (Lipinski definition) is 7. The number of carbonyl (C=O) groups is 1. The van der Waals surface area contributed by atoms with Gasteiger partial charge >= 0.3 is 16.1 Å². The van der Waals surface area contributed by atoms with Gasteiger partial charge in [0.1, 0.15) is 0 Å².